The Morgan fingerprint density at radius 1 is 1.19 bits per heavy atom. The lowest BCUT2D eigenvalue weighted by molar-refractivity contribution is -0.00117. The number of hydrogen-bond donors (Lipinski definition) is 1. The predicted molar refractivity (Wildman–Crippen MR) is 69.7 cm³/mol. The molecule has 2 heteroatoms. The zero-order valence-corrected chi connectivity index (χ0v) is 11.3. The monoisotopic (exact) mass is 227 g/mol. The molecule has 2 nitrogen and oxygen atoms in total. The molecule has 0 aliphatic heterocycles. The summed E-state index contributed by atoms with van der Waals surface area (Å²) in [5.41, 5.74) is 0. The van der Waals surface area contributed by atoms with Crippen molar-refractivity contribution in [2.75, 3.05) is 13.2 Å². The Morgan fingerprint density at radius 2 is 1.94 bits per heavy atom. The van der Waals surface area contributed by atoms with Crippen molar-refractivity contribution in [1.82, 2.24) is 5.32 Å². The van der Waals surface area contributed by atoms with Crippen molar-refractivity contribution in [3.8, 4) is 0 Å². The minimum absolute atomic E-state index is 0.437. The van der Waals surface area contributed by atoms with Crippen molar-refractivity contribution in [3.63, 3.8) is 0 Å². The van der Waals surface area contributed by atoms with Crippen LogP contribution in [0.4, 0.5) is 0 Å². The van der Waals surface area contributed by atoms with Gasteiger partial charge in [0.25, 0.3) is 0 Å². The second-order valence-corrected chi connectivity index (χ2v) is 4.95. The molecule has 16 heavy (non-hydrogen) atoms. The first-order chi connectivity index (χ1) is 7.83. The van der Waals surface area contributed by atoms with Gasteiger partial charge in [-0.25, -0.2) is 0 Å². The molecule has 0 bridgehead atoms. The molecule has 0 aromatic rings. The highest BCUT2D eigenvalue weighted by Crippen LogP contribution is 2.32. The largest absolute Gasteiger partial charge is 0.377 e. The normalized spacial score (nSPS) is 20.4. The van der Waals surface area contributed by atoms with Crippen LogP contribution in [-0.2, 0) is 4.74 Å². The SMILES string of the molecule is CCCNC(C1CCC1)C(CCC)OCC. The topological polar surface area (TPSA) is 21.3 Å². The molecule has 0 radical (unpaired) electrons. The van der Waals surface area contributed by atoms with E-state index in [1.807, 2.05) is 0 Å². The van der Waals surface area contributed by atoms with E-state index >= 15 is 0 Å². The van der Waals surface area contributed by atoms with Crippen molar-refractivity contribution in [1.29, 1.82) is 0 Å². The van der Waals surface area contributed by atoms with Gasteiger partial charge in [-0.05, 0) is 45.1 Å². The minimum atomic E-state index is 0.437. The van der Waals surface area contributed by atoms with Crippen LogP contribution in [-0.4, -0.2) is 25.3 Å². The average molecular weight is 227 g/mol. The lowest BCUT2D eigenvalue weighted by Gasteiger charge is -2.39. The standard InChI is InChI=1S/C14H29NO/c1-4-8-13(16-6-3)14(15-11-5-2)12-9-7-10-12/h12-15H,4-11H2,1-3H3. The van der Waals surface area contributed by atoms with Crippen molar-refractivity contribution < 1.29 is 4.74 Å². The highest BCUT2D eigenvalue weighted by molar-refractivity contribution is 4.88. The zero-order valence-electron chi connectivity index (χ0n) is 11.3. The van der Waals surface area contributed by atoms with Gasteiger partial charge in [-0.15, -0.1) is 0 Å². The summed E-state index contributed by atoms with van der Waals surface area (Å²) in [6.45, 7) is 8.58. The van der Waals surface area contributed by atoms with E-state index in [0.717, 1.165) is 19.1 Å². The van der Waals surface area contributed by atoms with Gasteiger partial charge in [-0.2, -0.15) is 0 Å². The first-order valence-corrected chi connectivity index (χ1v) is 7.18. The van der Waals surface area contributed by atoms with E-state index in [-0.39, 0.29) is 0 Å². The van der Waals surface area contributed by atoms with Crippen LogP contribution in [0.15, 0.2) is 0 Å². The molecule has 1 N–H and O–H groups in total. The van der Waals surface area contributed by atoms with Crippen molar-refractivity contribution in [2.24, 2.45) is 5.92 Å². The fraction of sp³-hybridized carbons (Fsp3) is 1.00. The summed E-state index contributed by atoms with van der Waals surface area (Å²) < 4.78 is 5.94. The third-order valence-corrected chi connectivity index (χ3v) is 3.64. The molecule has 1 aliphatic carbocycles. The predicted octanol–water partition coefficient (Wildman–Crippen LogP) is 3.36. The van der Waals surface area contributed by atoms with Gasteiger partial charge >= 0.3 is 0 Å². The van der Waals surface area contributed by atoms with E-state index in [1.54, 1.807) is 0 Å². The van der Waals surface area contributed by atoms with Crippen LogP contribution in [0.25, 0.3) is 0 Å². The number of ether oxygens (including phenoxy) is 1. The maximum atomic E-state index is 5.94. The summed E-state index contributed by atoms with van der Waals surface area (Å²) in [5.74, 6) is 0.870. The van der Waals surface area contributed by atoms with Gasteiger partial charge in [0.1, 0.15) is 0 Å². The highest BCUT2D eigenvalue weighted by Gasteiger charge is 2.32. The lowest BCUT2D eigenvalue weighted by Crippen LogP contribution is -2.49. The van der Waals surface area contributed by atoms with Crippen LogP contribution in [0.3, 0.4) is 0 Å². The van der Waals surface area contributed by atoms with Crippen molar-refractivity contribution in [3.05, 3.63) is 0 Å². The molecule has 2 unspecified atom stereocenters. The Labute approximate surface area is 101 Å². The maximum Gasteiger partial charge on any atom is 0.0730 e. The van der Waals surface area contributed by atoms with Crippen LogP contribution >= 0.6 is 0 Å². The number of rotatable bonds is 9. The lowest BCUT2D eigenvalue weighted by atomic mass is 9.77. The van der Waals surface area contributed by atoms with Gasteiger partial charge in [0.05, 0.1) is 6.10 Å². The van der Waals surface area contributed by atoms with Crippen LogP contribution in [0.1, 0.15) is 59.3 Å². The molecule has 96 valence electrons. The summed E-state index contributed by atoms with van der Waals surface area (Å²) >= 11 is 0. The number of nitrogens with one attached hydrogen (secondary N) is 1. The van der Waals surface area contributed by atoms with Crippen LogP contribution < -0.4 is 5.32 Å². The van der Waals surface area contributed by atoms with Gasteiger partial charge in [0.2, 0.25) is 0 Å². The van der Waals surface area contributed by atoms with Gasteiger partial charge in [0, 0.05) is 12.6 Å². The Balaban J connectivity index is 2.47. The molecule has 1 saturated carbocycles. The summed E-state index contributed by atoms with van der Waals surface area (Å²) in [5, 5.41) is 3.72. The molecule has 1 aliphatic rings. The molecule has 0 aromatic carbocycles. The first kappa shape index (κ1) is 14.0. The fourth-order valence-electron chi connectivity index (χ4n) is 2.58. The fourth-order valence-corrected chi connectivity index (χ4v) is 2.58. The van der Waals surface area contributed by atoms with E-state index in [2.05, 4.69) is 26.1 Å². The van der Waals surface area contributed by atoms with E-state index in [9.17, 15) is 0 Å². The Morgan fingerprint density at radius 3 is 2.38 bits per heavy atom. The first-order valence-electron chi connectivity index (χ1n) is 7.18. The van der Waals surface area contributed by atoms with Gasteiger partial charge < -0.3 is 10.1 Å². The smallest absolute Gasteiger partial charge is 0.0730 e. The molecule has 2 atom stereocenters. The van der Waals surface area contributed by atoms with Gasteiger partial charge in [-0.1, -0.05) is 26.7 Å². The van der Waals surface area contributed by atoms with E-state index in [4.69, 9.17) is 4.74 Å². The summed E-state index contributed by atoms with van der Waals surface area (Å²) in [4.78, 5) is 0. The number of hydrogen-bond acceptors (Lipinski definition) is 2. The van der Waals surface area contributed by atoms with Crippen LogP contribution in [0.2, 0.25) is 0 Å². The molecule has 1 rings (SSSR count). The second-order valence-electron chi connectivity index (χ2n) is 4.95. The molecule has 0 heterocycles. The van der Waals surface area contributed by atoms with Crippen molar-refractivity contribution in [2.45, 2.75) is 71.4 Å². The Kier molecular flexibility index (Phi) is 7.06. The molecule has 0 saturated heterocycles. The molecular formula is C14H29NO. The molecule has 0 amide bonds. The molecule has 0 aromatic heterocycles. The molecule has 1 fully saturated rings. The van der Waals surface area contributed by atoms with E-state index in [1.165, 1.54) is 38.5 Å². The summed E-state index contributed by atoms with van der Waals surface area (Å²) in [6, 6.07) is 0.605. The van der Waals surface area contributed by atoms with Crippen LogP contribution in [0, 0.1) is 5.92 Å². The Hall–Kier alpha value is -0.0800. The van der Waals surface area contributed by atoms with Crippen LogP contribution in [0.5, 0.6) is 0 Å². The average Bonchev–Trinajstić information content (AvgIpc) is 2.21. The molecule has 0 spiro atoms. The molecular weight excluding hydrogens is 198 g/mol. The van der Waals surface area contributed by atoms with E-state index in [0.29, 0.717) is 12.1 Å². The highest BCUT2D eigenvalue weighted by atomic mass is 16.5. The van der Waals surface area contributed by atoms with Gasteiger partial charge in [0.15, 0.2) is 0 Å². The maximum absolute atomic E-state index is 5.94. The quantitative estimate of drug-likeness (QED) is 0.652. The third kappa shape index (κ3) is 4.06. The third-order valence-electron chi connectivity index (χ3n) is 3.64. The second kappa shape index (κ2) is 8.08. The van der Waals surface area contributed by atoms with Crippen molar-refractivity contribution >= 4 is 0 Å². The van der Waals surface area contributed by atoms with E-state index < -0.39 is 0 Å². The zero-order chi connectivity index (χ0) is 11.8. The van der Waals surface area contributed by atoms with Gasteiger partial charge in [-0.3, -0.25) is 0 Å². The Bertz CT molecular complexity index is 162. The summed E-state index contributed by atoms with van der Waals surface area (Å²) in [6.07, 6.45) is 8.29. The minimum Gasteiger partial charge on any atom is -0.377 e. The summed E-state index contributed by atoms with van der Waals surface area (Å²) in [7, 11) is 0.